The van der Waals surface area contributed by atoms with Crippen LogP contribution in [0.25, 0.3) is 6.08 Å². The number of benzene rings is 2. The minimum absolute atomic E-state index is 0.0133. The number of carbonyl (C=O) groups excluding carboxylic acids is 2. The summed E-state index contributed by atoms with van der Waals surface area (Å²) >= 11 is 4.16. The highest BCUT2D eigenvalue weighted by Gasteiger charge is 2.34. The topological polar surface area (TPSA) is 66.8 Å². The maximum absolute atomic E-state index is 12.6. The summed E-state index contributed by atoms with van der Waals surface area (Å²) in [7, 11) is 1.45. The average Bonchev–Trinajstić information content (AvgIpc) is 2.90. The van der Waals surface area contributed by atoms with Crippen molar-refractivity contribution in [2.24, 2.45) is 0 Å². The predicted molar refractivity (Wildman–Crippen MR) is 105 cm³/mol. The Balaban J connectivity index is 1.78. The molecule has 0 radical (unpaired) electrons. The van der Waals surface area contributed by atoms with Gasteiger partial charge in [-0.05, 0) is 63.4 Å². The Labute approximate surface area is 163 Å². The van der Waals surface area contributed by atoms with Crippen LogP contribution in [0.4, 0.5) is 4.79 Å². The number of hydrogen-bond donors (Lipinski definition) is 1. The molecule has 0 aromatic heterocycles. The summed E-state index contributed by atoms with van der Waals surface area (Å²) in [6.07, 6.45) is 2.24. The van der Waals surface area contributed by atoms with Gasteiger partial charge in [0, 0.05) is 6.54 Å². The van der Waals surface area contributed by atoms with Crippen LogP contribution >= 0.6 is 27.7 Å². The number of thioether (sulfide) groups is 1. The van der Waals surface area contributed by atoms with Gasteiger partial charge >= 0.3 is 0 Å². The third kappa shape index (κ3) is 3.94. The molecule has 3 rings (SSSR count). The van der Waals surface area contributed by atoms with Gasteiger partial charge in [0.05, 0.1) is 16.5 Å². The molecule has 1 fully saturated rings. The van der Waals surface area contributed by atoms with Gasteiger partial charge in [0.1, 0.15) is 0 Å². The molecule has 7 heteroatoms. The van der Waals surface area contributed by atoms with Gasteiger partial charge in [0.25, 0.3) is 11.1 Å². The SMILES string of the molecule is COc1cc(/C=C2\SC(=O)N(CCc3ccccc3)C2=O)cc(Br)c1O. The average molecular weight is 434 g/mol. The van der Waals surface area contributed by atoms with Crippen molar-refractivity contribution in [3.05, 3.63) is 63.0 Å². The number of halogens is 1. The van der Waals surface area contributed by atoms with Gasteiger partial charge in [-0.15, -0.1) is 0 Å². The van der Waals surface area contributed by atoms with Gasteiger partial charge in [-0.3, -0.25) is 14.5 Å². The lowest BCUT2D eigenvalue weighted by atomic mass is 10.1. The number of methoxy groups -OCH3 is 1. The molecule has 0 unspecified atom stereocenters. The number of phenols is 1. The van der Waals surface area contributed by atoms with Crippen LogP contribution in [0.15, 0.2) is 51.8 Å². The first-order valence-electron chi connectivity index (χ1n) is 7.85. The minimum Gasteiger partial charge on any atom is -0.503 e. The van der Waals surface area contributed by atoms with E-state index in [1.807, 2.05) is 30.3 Å². The molecule has 1 aliphatic rings. The quantitative estimate of drug-likeness (QED) is 0.705. The molecule has 0 bridgehead atoms. The van der Waals surface area contributed by atoms with Gasteiger partial charge < -0.3 is 9.84 Å². The molecule has 2 aromatic carbocycles. The third-order valence-corrected chi connectivity index (χ3v) is 5.42. The van der Waals surface area contributed by atoms with Crippen LogP contribution in [0.2, 0.25) is 0 Å². The largest absolute Gasteiger partial charge is 0.503 e. The highest BCUT2D eigenvalue weighted by atomic mass is 79.9. The second-order valence-electron chi connectivity index (χ2n) is 5.62. The molecule has 0 aliphatic carbocycles. The molecule has 1 heterocycles. The number of ether oxygens (including phenoxy) is 1. The van der Waals surface area contributed by atoms with Crippen LogP contribution in [0, 0.1) is 0 Å². The van der Waals surface area contributed by atoms with E-state index >= 15 is 0 Å². The second-order valence-corrected chi connectivity index (χ2v) is 7.47. The molecule has 0 saturated carbocycles. The van der Waals surface area contributed by atoms with Gasteiger partial charge in [0.2, 0.25) is 0 Å². The molecule has 2 amide bonds. The fourth-order valence-corrected chi connectivity index (χ4v) is 3.89. The lowest BCUT2D eigenvalue weighted by Crippen LogP contribution is -2.30. The molecular weight excluding hydrogens is 418 g/mol. The summed E-state index contributed by atoms with van der Waals surface area (Å²) in [6.45, 7) is 0.342. The molecule has 5 nitrogen and oxygen atoms in total. The summed E-state index contributed by atoms with van der Waals surface area (Å²) < 4.78 is 5.56. The fourth-order valence-electron chi connectivity index (χ4n) is 2.56. The number of phenolic OH excluding ortho intramolecular Hbond substituents is 1. The van der Waals surface area contributed by atoms with Crippen LogP contribution in [-0.2, 0) is 11.2 Å². The molecule has 1 N–H and O–H groups in total. The zero-order valence-corrected chi connectivity index (χ0v) is 16.3. The van der Waals surface area contributed by atoms with E-state index < -0.39 is 0 Å². The molecule has 2 aromatic rings. The van der Waals surface area contributed by atoms with E-state index in [0.29, 0.717) is 27.9 Å². The number of carbonyl (C=O) groups is 2. The molecule has 1 aliphatic heterocycles. The van der Waals surface area contributed by atoms with Gasteiger partial charge in [0.15, 0.2) is 11.5 Å². The van der Waals surface area contributed by atoms with E-state index in [1.165, 1.54) is 12.0 Å². The first kappa shape index (κ1) is 18.5. The Morgan fingerprint density at radius 1 is 1.23 bits per heavy atom. The van der Waals surface area contributed by atoms with Crippen LogP contribution in [-0.4, -0.2) is 34.8 Å². The monoisotopic (exact) mass is 433 g/mol. The minimum atomic E-state index is -0.306. The molecule has 26 heavy (non-hydrogen) atoms. The van der Waals surface area contributed by atoms with Gasteiger partial charge in [-0.25, -0.2) is 0 Å². The Kier molecular flexibility index (Phi) is 5.68. The number of rotatable bonds is 5. The van der Waals surface area contributed by atoms with Gasteiger partial charge in [-0.2, -0.15) is 0 Å². The highest BCUT2D eigenvalue weighted by Crippen LogP contribution is 2.38. The van der Waals surface area contributed by atoms with E-state index in [1.54, 1.807) is 18.2 Å². The lowest BCUT2D eigenvalue weighted by Gasteiger charge is -2.12. The standard InChI is InChI=1S/C19H16BrNO4S/c1-25-15-10-13(9-14(20)17(15)22)11-16-18(23)21(19(24)26-16)8-7-12-5-3-2-4-6-12/h2-6,9-11,22H,7-8H2,1H3/b16-11-. The highest BCUT2D eigenvalue weighted by molar-refractivity contribution is 9.10. The normalized spacial score (nSPS) is 15.8. The summed E-state index contributed by atoms with van der Waals surface area (Å²) in [5, 5.41) is 9.59. The van der Waals surface area contributed by atoms with Crippen molar-refractivity contribution in [3.8, 4) is 11.5 Å². The van der Waals surface area contributed by atoms with Crippen molar-refractivity contribution in [1.82, 2.24) is 4.90 Å². The zero-order chi connectivity index (χ0) is 18.7. The zero-order valence-electron chi connectivity index (χ0n) is 13.9. The summed E-state index contributed by atoms with van der Waals surface area (Å²) in [5.41, 5.74) is 1.72. The third-order valence-electron chi connectivity index (χ3n) is 3.91. The van der Waals surface area contributed by atoms with E-state index in [-0.39, 0.29) is 22.6 Å². The number of amides is 2. The maximum Gasteiger partial charge on any atom is 0.293 e. The molecule has 0 atom stereocenters. The van der Waals surface area contributed by atoms with E-state index in [0.717, 1.165) is 17.3 Å². The van der Waals surface area contributed by atoms with Crippen LogP contribution in [0.3, 0.4) is 0 Å². The van der Waals surface area contributed by atoms with Crippen molar-refractivity contribution >= 4 is 44.9 Å². The summed E-state index contributed by atoms with van der Waals surface area (Å²) in [6, 6.07) is 13.0. The summed E-state index contributed by atoms with van der Waals surface area (Å²) in [4.78, 5) is 26.4. The van der Waals surface area contributed by atoms with E-state index in [2.05, 4.69) is 15.9 Å². The Hall–Kier alpha value is -2.25. The van der Waals surface area contributed by atoms with Crippen molar-refractivity contribution in [2.75, 3.05) is 13.7 Å². The molecule has 0 spiro atoms. The second kappa shape index (κ2) is 7.97. The number of aromatic hydroxyl groups is 1. The Morgan fingerprint density at radius 2 is 1.96 bits per heavy atom. The van der Waals surface area contributed by atoms with Crippen molar-refractivity contribution < 1.29 is 19.4 Å². The number of nitrogens with zero attached hydrogens (tertiary/aromatic N) is 1. The van der Waals surface area contributed by atoms with Gasteiger partial charge in [-0.1, -0.05) is 30.3 Å². The van der Waals surface area contributed by atoms with Crippen LogP contribution in [0.5, 0.6) is 11.5 Å². The maximum atomic E-state index is 12.6. The first-order valence-corrected chi connectivity index (χ1v) is 9.46. The number of imide groups is 1. The fraction of sp³-hybridized carbons (Fsp3) is 0.158. The van der Waals surface area contributed by atoms with Crippen LogP contribution < -0.4 is 4.74 Å². The van der Waals surface area contributed by atoms with Crippen molar-refractivity contribution in [1.29, 1.82) is 0 Å². The van der Waals surface area contributed by atoms with E-state index in [9.17, 15) is 14.7 Å². The van der Waals surface area contributed by atoms with Crippen LogP contribution in [0.1, 0.15) is 11.1 Å². The smallest absolute Gasteiger partial charge is 0.293 e. The Morgan fingerprint density at radius 3 is 2.65 bits per heavy atom. The lowest BCUT2D eigenvalue weighted by molar-refractivity contribution is -0.122. The van der Waals surface area contributed by atoms with Crippen molar-refractivity contribution in [2.45, 2.75) is 6.42 Å². The number of hydrogen-bond acceptors (Lipinski definition) is 5. The first-order chi connectivity index (χ1) is 12.5. The van der Waals surface area contributed by atoms with Crippen molar-refractivity contribution in [3.63, 3.8) is 0 Å². The Bertz CT molecular complexity index is 883. The molecule has 1 saturated heterocycles. The van der Waals surface area contributed by atoms with E-state index in [4.69, 9.17) is 4.74 Å². The summed E-state index contributed by atoms with van der Waals surface area (Å²) in [5.74, 6) is -0.0337. The molecule has 134 valence electrons. The predicted octanol–water partition coefficient (Wildman–Crippen LogP) is 4.44. The molecular formula is C19H16BrNO4S.